The second-order valence-corrected chi connectivity index (χ2v) is 8.55. The zero-order valence-corrected chi connectivity index (χ0v) is 14.1. The lowest BCUT2D eigenvalue weighted by Gasteiger charge is -2.22. The van der Waals surface area contributed by atoms with Gasteiger partial charge in [-0.05, 0) is 36.8 Å². The van der Waals surface area contributed by atoms with E-state index in [1.54, 1.807) is 4.90 Å². The van der Waals surface area contributed by atoms with Crippen molar-refractivity contribution in [3.63, 3.8) is 0 Å². The zero-order valence-electron chi connectivity index (χ0n) is 13.2. The molecule has 23 heavy (non-hydrogen) atoms. The fraction of sp³-hybridized carbons (Fsp3) is 0.562. The summed E-state index contributed by atoms with van der Waals surface area (Å²) < 4.78 is 28.5. The molecule has 0 saturated carbocycles. The maximum absolute atomic E-state index is 12.4. The van der Waals surface area contributed by atoms with Crippen molar-refractivity contribution in [2.75, 3.05) is 37.0 Å². The number of sulfone groups is 1. The summed E-state index contributed by atoms with van der Waals surface area (Å²) in [5.74, 6) is 0.927. The van der Waals surface area contributed by atoms with Gasteiger partial charge in [0, 0.05) is 19.3 Å². The number of carbonyl (C=O) groups excluding carboxylic acids is 1. The van der Waals surface area contributed by atoms with Crippen LogP contribution in [0.15, 0.2) is 18.2 Å². The Morgan fingerprint density at radius 1 is 1.43 bits per heavy atom. The van der Waals surface area contributed by atoms with Crippen LogP contribution in [-0.2, 0) is 16.3 Å². The number of fused-ring (bicyclic) bond motifs is 1. The van der Waals surface area contributed by atoms with Crippen LogP contribution in [-0.4, -0.2) is 51.1 Å². The molecule has 0 spiro atoms. The number of ether oxygens (including phenoxy) is 1. The Kier molecular flexibility index (Phi) is 4.48. The largest absolute Gasteiger partial charge is 0.491 e. The molecule has 1 aromatic carbocycles. The molecule has 3 rings (SSSR count). The Morgan fingerprint density at radius 3 is 3.04 bits per heavy atom. The number of hydrogen-bond donors (Lipinski definition) is 1. The highest BCUT2D eigenvalue weighted by Crippen LogP contribution is 2.33. The summed E-state index contributed by atoms with van der Waals surface area (Å²) in [5.41, 5.74) is 1.81. The van der Waals surface area contributed by atoms with Gasteiger partial charge in [0.25, 0.3) is 0 Å². The van der Waals surface area contributed by atoms with E-state index in [1.165, 1.54) is 6.26 Å². The Balaban J connectivity index is 1.64. The lowest BCUT2D eigenvalue weighted by molar-refractivity contribution is 0.221. The minimum Gasteiger partial charge on any atom is -0.491 e. The molecule has 0 radical (unpaired) electrons. The van der Waals surface area contributed by atoms with E-state index < -0.39 is 9.84 Å². The molecular formula is C16H22N2O4S. The van der Waals surface area contributed by atoms with Gasteiger partial charge < -0.3 is 15.0 Å². The van der Waals surface area contributed by atoms with E-state index in [9.17, 15) is 13.2 Å². The van der Waals surface area contributed by atoms with Crippen molar-refractivity contribution in [2.24, 2.45) is 5.92 Å². The van der Waals surface area contributed by atoms with Gasteiger partial charge in [0.2, 0.25) is 0 Å². The molecule has 1 fully saturated rings. The third-order valence-corrected chi connectivity index (χ3v) is 5.36. The number of carbonyl (C=O) groups is 1. The first kappa shape index (κ1) is 16.1. The molecule has 0 aromatic heterocycles. The predicted octanol–water partition coefficient (Wildman–Crippen LogP) is 1.91. The van der Waals surface area contributed by atoms with Crippen molar-refractivity contribution in [2.45, 2.75) is 19.3 Å². The summed E-state index contributed by atoms with van der Waals surface area (Å²) in [6.07, 6.45) is 3.91. The van der Waals surface area contributed by atoms with Crippen LogP contribution in [0.5, 0.6) is 5.75 Å². The molecule has 0 bridgehead atoms. The van der Waals surface area contributed by atoms with Gasteiger partial charge in [0.05, 0.1) is 18.0 Å². The number of nitrogens with zero attached hydrogens (tertiary/aromatic N) is 1. The first-order valence-electron chi connectivity index (χ1n) is 7.91. The molecule has 1 N–H and O–H groups in total. The molecule has 1 aromatic rings. The first-order valence-corrected chi connectivity index (χ1v) is 9.97. The summed E-state index contributed by atoms with van der Waals surface area (Å²) in [7, 11) is -3.01. The molecule has 126 valence electrons. The second kappa shape index (κ2) is 6.39. The number of benzene rings is 1. The summed E-state index contributed by atoms with van der Waals surface area (Å²) in [5, 5.41) is 2.91. The van der Waals surface area contributed by atoms with Crippen molar-refractivity contribution in [1.82, 2.24) is 4.90 Å². The van der Waals surface area contributed by atoms with Gasteiger partial charge in [-0.1, -0.05) is 12.1 Å². The summed E-state index contributed by atoms with van der Waals surface area (Å²) in [6, 6.07) is 5.58. The van der Waals surface area contributed by atoms with Crippen LogP contribution in [0.2, 0.25) is 0 Å². The van der Waals surface area contributed by atoms with Crippen molar-refractivity contribution in [3.8, 4) is 5.75 Å². The molecule has 7 heteroatoms. The quantitative estimate of drug-likeness (QED) is 0.913. The van der Waals surface area contributed by atoms with E-state index >= 15 is 0 Å². The van der Waals surface area contributed by atoms with Gasteiger partial charge in [-0.2, -0.15) is 0 Å². The van der Waals surface area contributed by atoms with E-state index in [0.717, 1.165) is 30.6 Å². The Hall–Kier alpha value is -1.76. The third-order valence-electron chi connectivity index (χ3n) is 4.29. The van der Waals surface area contributed by atoms with E-state index in [0.29, 0.717) is 25.4 Å². The average Bonchev–Trinajstić information content (AvgIpc) is 2.94. The number of anilines is 1. The first-order chi connectivity index (χ1) is 10.9. The molecule has 1 saturated heterocycles. The predicted molar refractivity (Wildman–Crippen MR) is 88.7 cm³/mol. The standard InChI is InChI=1S/C16H22N2O4S/c1-23(20,21)11-12-7-8-18(10-12)16(19)17-14-6-2-4-13-5-3-9-22-15(13)14/h2,4,6,12H,3,5,7-11H2,1H3,(H,17,19). The number of likely N-dealkylation sites (tertiary alicyclic amines) is 1. The SMILES string of the molecule is CS(=O)(=O)CC1CCN(C(=O)Nc2cccc3c2OCCC3)C1. The number of urea groups is 1. The smallest absolute Gasteiger partial charge is 0.321 e. The maximum Gasteiger partial charge on any atom is 0.321 e. The van der Waals surface area contributed by atoms with Gasteiger partial charge in [-0.3, -0.25) is 0 Å². The summed E-state index contributed by atoms with van der Waals surface area (Å²) in [4.78, 5) is 14.1. The summed E-state index contributed by atoms with van der Waals surface area (Å²) >= 11 is 0. The fourth-order valence-corrected chi connectivity index (χ4v) is 4.39. The number of para-hydroxylation sites is 1. The molecule has 1 unspecified atom stereocenters. The Labute approximate surface area is 136 Å². The van der Waals surface area contributed by atoms with Gasteiger partial charge in [-0.15, -0.1) is 0 Å². The van der Waals surface area contributed by atoms with Gasteiger partial charge in [0.1, 0.15) is 15.6 Å². The van der Waals surface area contributed by atoms with Gasteiger partial charge >= 0.3 is 6.03 Å². The third kappa shape index (κ3) is 3.96. The van der Waals surface area contributed by atoms with Crippen LogP contribution in [0, 0.1) is 5.92 Å². The minimum atomic E-state index is -3.01. The molecule has 1 atom stereocenters. The monoisotopic (exact) mass is 338 g/mol. The zero-order chi connectivity index (χ0) is 16.4. The lowest BCUT2D eigenvalue weighted by Crippen LogP contribution is -2.34. The normalized spacial score (nSPS) is 20.7. The molecule has 2 amide bonds. The second-order valence-electron chi connectivity index (χ2n) is 6.37. The van der Waals surface area contributed by atoms with Crippen LogP contribution in [0.3, 0.4) is 0 Å². The van der Waals surface area contributed by atoms with E-state index in [-0.39, 0.29) is 17.7 Å². The summed E-state index contributed by atoms with van der Waals surface area (Å²) in [6.45, 7) is 1.73. The average molecular weight is 338 g/mol. The molecule has 2 aliphatic heterocycles. The van der Waals surface area contributed by atoms with E-state index in [1.807, 2.05) is 18.2 Å². The van der Waals surface area contributed by atoms with Crippen LogP contribution in [0.4, 0.5) is 10.5 Å². The van der Waals surface area contributed by atoms with Crippen LogP contribution < -0.4 is 10.1 Å². The number of rotatable bonds is 3. The number of aryl methyl sites for hydroxylation is 1. The lowest BCUT2D eigenvalue weighted by atomic mass is 10.1. The van der Waals surface area contributed by atoms with Crippen molar-refractivity contribution < 1.29 is 17.9 Å². The van der Waals surface area contributed by atoms with E-state index in [2.05, 4.69) is 5.32 Å². The molecule has 2 aliphatic rings. The molecular weight excluding hydrogens is 316 g/mol. The van der Waals surface area contributed by atoms with E-state index in [4.69, 9.17) is 4.74 Å². The highest BCUT2D eigenvalue weighted by Gasteiger charge is 2.29. The number of hydrogen-bond acceptors (Lipinski definition) is 4. The van der Waals surface area contributed by atoms with Crippen molar-refractivity contribution >= 4 is 21.6 Å². The van der Waals surface area contributed by atoms with Gasteiger partial charge in [0.15, 0.2) is 0 Å². The fourth-order valence-electron chi connectivity index (χ4n) is 3.26. The van der Waals surface area contributed by atoms with Crippen molar-refractivity contribution in [1.29, 1.82) is 0 Å². The molecule has 6 nitrogen and oxygen atoms in total. The van der Waals surface area contributed by atoms with Crippen LogP contribution in [0.1, 0.15) is 18.4 Å². The highest BCUT2D eigenvalue weighted by atomic mass is 32.2. The van der Waals surface area contributed by atoms with Crippen molar-refractivity contribution in [3.05, 3.63) is 23.8 Å². The topological polar surface area (TPSA) is 75.7 Å². The molecule has 0 aliphatic carbocycles. The van der Waals surface area contributed by atoms with Crippen LogP contribution >= 0.6 is 0 Å². The Morgan fingerprint density at radius 2 is 2.26 bits per heavy atom. The Bertz CT molecular complexity index is 702. The maximum atomic E-state index is 12.4. The minimum absolute atomic E-state index is 0.0247. The number of amides is 2. The van der Waals surface area contributed by atoms with Crippen LogP contribution in [0.25, 0.3) is 0 Å². The number of nitrogens with one attached hydrogen (secondary N) is 1. The van der Waals surface area contributed by atoms with Gasteiger partial charge in [-0.25, -0.2) is 13.2 Å². The molecule has 2 heterocycles. The highest BCUT2D eigenvalue weighted by molar-refractivity contribution is 7.90.